The minimum atomic E-state index is -1.05. The molecule has 0 bridgehead atoms. The van der Waals surface area contributed by atoms with Gasteiger partial charge in [0.05, 0.1) is 17.2 Å². The molecular formula is C19H17N5O3S. The van der Waals surface area contributed by atoms with Crippen LogP contribution in [0.5, 0.6) is 5.88 Å². The first-order valence-corrected chi connectivity index (χ1v) is 9.52. The van der Waals surface area contributed by atoms with E-state index in [1.54, 1.807) is 24.7 Å². The minimum absolute atomic E-state index is 0.0182. The number of aromatic carboxylic acids is 1. The van der Waals surface area contributed by atoms with E-state index < -0.39 is 5.97 Å². The van der Waals surface area contributed by atoms with Crippen molar-refractivity contribution >= 4 is 28.2 Å². The van der Waals surface area contributed by atoms with E-state index in [1.807, 2.05) is 19.9 Å². The predicted octanol–water partition coefficient (Wildman–Crippen LogP) is 3.94. The summed E-state index contributed by atoms with van der Waals surface area (Å²) in [5.41, 5.74) is 3.16. The minimum Gasteiger partial charge on any atom is -0.477 e. The maximum absolute atomic E-state index is 11.1. The predicted molar refractivity (Wildman–Crippen MR) is 106 cm³/mol. The van der Waals surface area contributed by atoms with Gasteiger partial charge >= 0.3 is 5.97 Å². The molecule has 0 aliphatic rings. The van der Waals surface area contributed by atoms with Crippen LogP contribution in [0.1, 0.15) is 29.4 Å². The summed E-state index contributed by atoms with van der Waals surface area (Å²) in [6.07, 6.45) is 5.91. The third-order valence-electron chi connectivity index (χ3n) is 4.19. The fraction of sp³-hybridized carbons (Fsp3) is 0.211. The van der Waals surface area contributed by atoms with Gasteiger partial charge in [-0.3, -0.25) is 5.10 Å². The zero-order valence-electron chi connectivity index (χ0n) is 15.3. The van der Waals surface area contributed by atoms with Gasteiger partial charge in [-0.1, -0.05) is 6.92 Å². The summed E-state index contributed by atoms with van der Waals surface area (Å²) in [5, 5.41) is 18.2. The Morgan fingerprint density at radius 1 is 1.29 bits per heavy atom. The molecule has 0 unspecified atom stereocenters. The van der Waals surface area contributed by atoms with Crippen molar-refractivity contribution < 1.29 is 14.6 Å². The molecule has 4 aromatic rings. The van der Waals surface area contributed by atoms with Crippen molar-refractivity contribution in [2.75, 3.05) is 6.61 Å². The molecule has 4 aromatic heterocycles. The van der Waals surface area contributed by atoms with E-state index in [9.17, 15) is 4.79 Å². The number of carboxylic acids is 1. The standard InChI is InChI=1S/C19H17N5O3S/c1-3-6-27-17-16-11(4-5-20-17)15(23-24-16)14-9-22-18(28-14)12-8-21-13(19(25)26)7-10(12)2/h4-5,7-9H,3,6H2,1-2H3,(H,23,24)(H,25,26). The fourth-order valence-corrected chi connectivity index (χ4v) is 3.82. The summed E-state index contributed by atoms with van der Waals surface area (Å²) >= 11 is 1.48. The molecule has 0 radical (unpaired) electrons. The number of rotatable bonds is 6. The molecule has 28 heavy (non-hydrogen) atoms. The van der Waals surface area contributed by atoms with Crippen molar-refractivity contribution in [3.8, 4) is 27.0 Å². The molecule has 0 saturated carbocycles. The van der Waals surface area contributed by atoms with E-state index in [0.717, 1.165) is 38.5 Å². The van der Waals surface area contributed by atoms with Crippen LogP contribution < -0.4 is 4.74 Å². The number of nitrogens with zero attached hydrogens (tertiary/aromatic N) is 4. The number of nitrogens with one attached hydrogen (secondary N) is 1. The highest BCUT2D eigenvalue weighted by Crippen LogP contribution is 2.36. The average molecular weight is 395 g/mol. The number of thiazole rings is 1. The molecule has 0 aromatic carbocycles. The van der Waals surface area contributed by atoms with Gasteiger partial charge in [-0.2, -0.15) is 5.10 Å². The van der Waals surface area contributed by atoms with Crippen LogP contribution >= 0.6 is 11.3 Å². The highest BCUT2D eigenvalue weighted by Gasteiger charge is 2.17. The Morgan fingerprint density at radius 2 is 2.14 bits per heavy atom. The number of ether oxygens (including phenoxy) is 1. The molecule has 4 rings (SSSR count). The van der Waals surface area contributed by atoms with E-state index >= 15 is 0 Å². The number of pyridine rings is 2. The number of carboxylic acid groups (broad SMARTS) is 1. The Morgan fingerprint density at radius 3 is 2.89 bits per heavy atom. The quantitative estimate of drug-likeness (QED) is 0.508. The van der Waals surface area contributed by atoms with Crippen LogP contribution in [0.3, 0.4) is 0 Å². The third kappa shape index (κ3) is 3.20. The van der Waals surface area contributed by atoms with E-state index in [1.165, 1.54) is 11.3 Å². The molecule has 0 aliphatic carbocycles. The van der Waals surface area contributed by atoms with Crippen LogP contribution in [0.15, 0.2) is 30.7 Å². The Hall–Kier alpha value is -3.33. The first-order valence-electron chi connectivity index (χ1n) is 8.71. The zero-order valence-corrected chi connectivity index (χ0v) is 16.1. The van der Waals surface area contributed by atoms with Crippen molar-refractivity contribution in [2.24, 2.45) is 0 Å². The first kappa shape index (κ1) is 18.1. The molecule has 0 aliphatic heterocycles. The number of carbonyl (C=O) groups is 1. The molecule has 2 N–H and O–H groups in total. The Bertz CT molecular complexity index is 1170. The Kier molecular flexibility index (Phi) is 4.74. The van der Waals surface area contributed by atoms with Crippen LogP contribution in [0.25, 0.3) is 32.0 Å². The van der Waals surface area contributed by atoms with Gasteiger partial charge < -0.3 is 9.84 Å². The molecule has 0 atom stereocenters. The summed E-state index contributed by atoms with van der Waals surface area (Å²) in [7, 11) is 0. The van der Waals surface area contributed by atoms with Gasteiger partial charge in [-0.25, -0.2) is 19.7 Å². The van der Waals surface area contributed by atoms with E-state index in [0.29, 0.717) is 18.0 Å². The zero-order chi connectivity index (χ0) is 19.7. The Labute approximate surface area is 164 Å². The topological polar surface area (TPSA) is 114 Å². The summed E-state index contributed by atoms with van der Waals surface area (Å²) < 4.78 is 5.68. The van der Waals surface area contributed by atoms with Crippen molar-refractivity contribution in [3.05, 3.63) is 42.0 Å². The Balaban J connectivity index is 1.71. The van der Waals surface area contributed by atoms with Crippen LogP contribution in [0, 0.1) is 6.92 Å². The van der Waals surface area contributed by atoms with E-state index in [-0.39, 0.29) is 5.69 Å². The molecule has 0 amide bonds. The van der Waals surface area contributed by atoms with Crippen LogP contribution in [0.4, 0.5) is 0 Å². The van der Waals surface area contributed by atoms with Crippen LogP contribution in [0.2, 0.25) is 0 Å². The van der Waals surface area contributed by atoms with Gasteiger partial charge in [0.1, 0.15) is 10.7 Å². The fourth-order valence-electron chi connectivity index (χ4n) is 2.82. The number of aryl methyl sites for hydroxylation is 1. The van der Waals surface area contributed by atoms with Gasteiger partial charge in [0.2, 0.25) is 5.88 Å². The molecule has 4 heterocycles. The van der Waals surface area contributed by atoms with Crippen LogP contribution in [-0.2, 0) is 0 Å². The summed E-state index contributed by atoms with van der Waals surface area (Å²) in [5.74, 6) is -0.538. The smallest absolute Gasteiger partial charge is 0.354 e. The van der Waals surface area contributed by atoms with Crippen molar-refractivity contribution in [1.82, 2.24) is 25.1 Å². The lowest BCUT2D eigenvalue weighted by molar-refractivity contribution is 0.0690. The number of hydrogen-bond acceptors (Lipinski definition) is 7. The lowest BCUT2D eigenvalue weighted by Crippen LogP contribution is -2.00. The molecule has 142 valence electrons. The molecule has 9 heteroatoms. The van der Waals surface area contributed by atoms with Crippen LogP contribution in [-0.4, -0.2) is 42.8 Å². The second kappa shape index (κ2) is 7.35. The molecule has 0 spiro atoms. The number of aromatic amines is 1. The first-order chi connectivity index (χ1) is 13.6. The van der Waals surface area contributed by atoms with Gasteiger partial charge in [0.15, 0.2) is 5.52 Å². The molecule has 0 fully saturated rings. The number of hydrogen-bond donors (Lipinski definition) is 2. The summed E-state index contributed by atoms with van der Waals surface area (Å²) in [6.45, 7) is 4.46. The van der Waals surface area contributed by atoms with Gasteiger partial charge in [-0.15, -0.1) is 11.3 Å². The maximum Gasteiger partial charge on any atom is 0.354 e. The van der Waals surface area contributed by atoms with Crippen molar-refractivity contribution in [1.29, 1.82) is 0 Å². The van der Waals surface area contributed by atoms with Gasteiger partial charge in [0, 0.05) is 29.5 Å². The highest BCUT2D eigenvalue weighted by atomic mass is 32.1. The van der Waals surface area contributed by atoms with E-state index in [4.69, 9.17) is 9.84 Å². The average Bonchev–Trinajstić information content (AvgIpc) is 3.33. The van der Waals surface area contributed by atoms with Gasteiger partial charge in [0.25, 0.3) is 0 Å². The van der Waals surface area contributed by atoms with E-state index in [2.05, 4.69) is 25.1 Å². The number of aromatic nitrogens is 5. The van der Waals surface area contributed by atoms with Crippen molar-refractivity contribution in [2.45, 2.75) is 20.3 Å². The molecule has 0 saturated heterocycles. The highest BCUT2D eigenvalue weighted by molar-refractivity contribution is 7.18. The number of fused-ring (bicyclic) bond motifs is 1. The molecular weight excluding hydrogens is 378 g/mol. The summed E-state index contributed by atoms with van der Waals surface area (Å²) in [4.78, 5) is 24.7. The lowest BCUT2D eigenvalue weighted by atomic mass is 10.1. The second-order valence-electron chi connectivity index (χ2n) is 6.18. The van der Waals surface area contributed by atoms with Gasteiger partial charge in [-0.05, 0) is 31.0 Å². The lowest BCUT2D eigenvalue weighted by Gasteiger charge is -2.03. The summed E-state index contributed by atoms with van der Waals surface area (Å²) in [6, 6.07) is 3.44. The van der Waals surface area contributed by atoms with Crippen molar-refractivity contribution in [3.63, 3.8) is 0 Å². The normalized spacial score (nSPS) is 11.1. The largest absolute Gasteiger partial charge is 0.477 e. The third-order valence-corrected chi connectivity index (χ3v) is 5.24. The number of H-pyrrole nitrogens is 1. The monoisotopic (exact) mass is 395 g/mol. The maximum atomic E-state index is 11.1. The molecule has 8 nitrogen and oxygen atoms in total. The second-order valence-corrected chi connectivity index (χ2v) is 7.21. The SMILES string of the molecule is CCCOc1nccc2c(-c3cnc(-c4cnc(C(=O)O)cc4C)s3)[nH]nc12.